The first kappa shape index (κ1) is 15.1. The highest BCUT2D eigenvalue weighted by Gasteiger charge is 2.22. The highest BCUT2D eigenvalue weighted by molar-refractivity contribution is 9.10. The number of aromatic nitrogens is 2. The minimum absolute atomic E-state index is 0.101. The van der Waals surface area contributed by atoms with Crippen LogP contribution in [0.5, 0.6) is 0 Å². The lowest BCUT2D eigenvalue weighted by Crippen LogP contribution is -2.11. The number of hydrogen-bond acceptors (Lipinski definition) is 5. The zero-order valence-electron chi connectivity index (χ0n) is 12.1. The lowest BCUT2D eigenvalue weighted by Gasteiger charge is -2.12. The molecule has 0 saturated carbocycles. The van der Waals surface area contributed by atoms with Crippen molar-refractivity contribution in [3.8, 4) is 11.8 Å². The number of carbonyl (C=O) groups excluding carboxylic acids is 1. The normalized spacial score (nSPS) is 10.5. The maximum Gasteiger partial charge on any atom is 0.357 e. The van der Waals surface area contributed by atoms with Crippen LogP contribution >= 0.6 is 15.9 Å². The second-order valence-corrected chi connectivity index (χ2v) is 5.62. The van der Waals surface area contributed by atoms with Crippen molar-refractivity contribution in [1.29, 1.82) is 5.26 Å². The van der Waals surface area contributed by atoms with Crippen molar-refractivity contribution in [2.24, 2.45) is 0 Å². The zero-order chi connectivity index (χ0) is 16.6. The molecule has 23 heavy (non-hydrogen) atoms. The van der Waals surface area contributed by atoms with E-state index in [0.717, 1.165) is 15.2 Å². The number of nitrogens with zero attached hydrogens (tertiary/aromatic N) is 3. The number of rotatable bonds is 2. The Morgan fingerprint density at radius 1 is 1.39 bits per heavy atom. The molecule has 0 saturated heterocycles. The van der Waals surface area contributed by atoms with Gasteiger partial charge in [0.1, 0.15) is 6.07 Å². The molecule has 0 radical (unpaired) electrons. The van der Waals surface area contributed by atoms with E-state index in [9.17, 15) is 10.1 Å². The number of fused-ring (bicyclic) bond motifs is 1. The molecule has 3 aromatic rings. The van der Waals surface area contributed by atoms with Gasteiger partial charge in [-0.2, -0.15) is 5.26 Å². The van der Waals surface area contributed by atoms with Crippen LogP contribution in [-0.2, 0) is 4.74 Å². The van der Waals surface area contributed by atoms with Gasteiger partial charge in [-0.3, -0.25) is 4.98 Å². The Bertz CT molecular complexity index is 972. The second kappa shape index (κ2) is 5.74. The number of hydrogen-bond donors (Lipinski definition) is 1. The Morgan fingerprint density at radius 3 is 2.87 bits per heavy atom. The molecule has 0 atom stereocenters. The van der Waals surface area contributed by atoms with Crippen molar-refractivity contribution in [1.82, 2.24) is 9.55 Å². The number of pyridine rings is 1. The van der Waals surface area contributed by atoms with Crippen LogP contribution in [0.3, 0.4) is 0 Å². The van der Waals surface area contributed by atoms with Gasteiger partial charge in [0, 0.05) is 33.8 Å². The van der Waals surface area contributed by atoms with Gasteiger partial charge in [0.15, 0.2) is 5.69 Å². The average Bonchev–Trinajstić information content (AvgIpc) is 2.91. The molecule has 0 amide bonds. The van der Waals surface area contributed by atoms with Crippen molar-refractivity contribution in [2.75, 3.05) is 12.8 Å². The lowest BCUT2D eigenvalue weighted by atomic mass is 10.1. The number of carbonyl (C=O) groups is 1. The van der Waals surface area contributed by atoms with Crippen LogP contribution in [0.1, 0.15) is 16.1 Å². The van der Waals surface area contributed by atoms with E-state index in [-0.39, 0.29) is 16.9 Å². The van der Waals surface area contributed by atoms with Gasteiger partial charge in [0.05, 0.1) is 24.0 Å². The Kier molecular flexibility index (Phi) is 3.76. The first-order chi connectivity index (χ1) is 11.1. The van der Waals surface area contributed by atoms with Crippen LogP contribution in [0.4, 0.5) is 5.69 Å². The summed E-state index contributed by atoms with van der Waals surface area (Å²) < 4.78 is 7.26. The molecule has 7 heteroatoms. The molecule has 6 nitrogen and oxygen atoms in total. The summed E-state index contributed by atoms with van der Waals surface area (Å²) in [6.07, 6.45) is 4.91. The maximum absolute atomic E-state index is 12.1. The molecular formula is C16H11BrN4O2. The summed E-state index contributed by atoms with van der Waals surface area (Å²) >= 11 is 3.48. The number of nitrogen functional groups attached to an aromatic ring is 1. The summed E-state index contributed by atoms with van der Waals surface area (Å²) in [4.78, 5) is 16.2. The van der Waals surface area contributed by atoms with Crippen molar-refractivity contribution < 1.29 is 9.53 Å². The fourth-order valence-electron chi connectivity index (χ4n) is 2.45. The third kappa shape index (κ3) is 2.33. The topological polar surface area (TPSA) is 93.9 Å². The molecule has 2 N–H and O–H groups in total. The third-order valence-corrected chi connectivity index (χ3v) is 4.24. The molecule has 0 aliphatic rings. The minimum Gasteiger partial charge on any atom is -0.464 e. The van der Waals surface area contributed by atoms with E-state index in [0.29, 0.717) is 5.69 Å². The van der Waals surface area contributed by atoms with Gasteiger partial charge in [-0.15, -0.1) is 0 Å². The summed E-state index contributed by atoms with van der Waals surface area (Å²) in [6, 6.07) is 7.50. The number of benzene rings is 1. The molecule has 0 spiro atoms. The Balaban J connectivity index is 2.39. The van der Waals surface area contributed by atoms with E-state index < -0.39 is 5.97 Å². The van der Waals surface area contributed by atoms with Crippen LogP contribution in [-0.4, -0.2) is 22.6 Å². The Morgan fingerprint density at radius 2 is 2.17 bits per heavy atom. The number of nitrogens with two attached hydrogens (primary N) is 1. The number of ether oxygens (including phenoxy) is 1. The van der Waals surface area contributed by atoms with Crippen LogP contribution in [0.2, 0.25) is 0 Å². The summed E-state index contributed by atoms with van der Waals surface area (Å²) in [5.41, 5.74) is 7.09. The number of anilines is 1. The highest BCUT2D eigenvalue weighted by Crippen LogP contribution is 2.32. The van der Waals surface area contributed by atoms with Crippen molar-refractivity contribution in [2.45, 2.75) is 0 Å². The maximum atomic E-state index is 12.1. The fraction of sp³-hybridized carbons (Fsp3) is 0.0625. The quantitative estimate of drug-likeness (QED) is 0.699. The predicted molar refractivity (Wildman–Crippen MR) is 89.2 cm³/mol. The standard InChI is InChI=1S/C16H11BrN4O2/c1-23-16(22)15-14(19)9(6-18)8-21(15)13-3-2-12(17)11-7-20-5-4-10(11)13/h2-5,7-8H,19H2,1H3. The van der Waals surface area contributed by atoms with E-state index in [1.807, 2.05) is 24.3 Å². The van der Waals surface area contributed by atoms with Crippen molar-refractivity contribution in [3.63, 3.8) is 0 Å². The SMILES string of the molecule is COC(=O)c1c(N)c(C#N)cn1-c1ccc(Br)c2cnccc12. The minimum atomic E-state index is -0.603. The Hall–Kier alpha value is -2.85. The lowest BCUT2D eigenvalue weighted by molar-refractivity contribution is 0.0593. The van der Waals surface area contributed by atoms with E-state index in [1.165, 1.54) is 13.3 Å². The summed E-state index contributed by atoms with van der Waals surface area (Å²) in [5.74, 6) is -0.603. The second-order valence-electron chi connectivity index (χ2n) is 4.77. The fourth-order valence-corrected chi connectivity index (χ4v) is 2.90. The van der Waals surface area contributed by atoms with Crippen molar-refractivity contribution >= 4 is 38.4 Å². The predicted octanol–water partition coefficient (Wildman–Crippen LogP) is 3.03. The molecule has 2 aromatic heterocycles. The number of esters is 1. The summed E-state index contributed by atoms with van der Waals surface area (Å²) in [6.45, 7) is 0. The van der Waals surface area contributed by atoms with Crippen LogP contribution < -0.4 is 5.73 Å². The number of halogens is 1. The summed E-state index contributed by atoms with van der Waals surface area (Å²) in [7, 11) is 1.27. The van der Waals surface area contributed by atoms with Gasteiger partial charge in [0.2, 0.25) is 0 Å². The molecule has 2 heterocycles. The van der Waals surface area contributed by atoms with Crippen LogP contribution in [0.15, 0.2) is 41.3 Å². The Labute approximate surface area is 140 Å². The van der Waals surface area contributed by atoms with E-state index in [4.69, 9.17) is 10.5 Å². The molecule has 3 rings (SSSR count). The van der Waals surface area contributed by atoms with Crippen molar-refractivity contribution in [3.05, 3.63) is 52.5 Å². The molecule has 0 aliphatic carbocycles. The third-order valence-electron chi connectivity index (χ3n) is 3.54. The molecule has 0 fully saturated rings. The van der Waals surface area contributed by atoms with E-state index in [2.05, 4.69) is 20.9 Å². The smallest absolute Gasteiger partial charge is 0.357 e. The first-order valence-electron chi connectivity index (χ1n) is 6.60. The van der Waals surface area contributed by atoms with Gasteiger partial charge in [-0.1, -0.05) is 15.9 Å². The first-order valence-corrected chi connectivity index (χ1v) is 7.39. The largest absolute Gasteiger partial charge is 0.464 e. The molecule has 114 valence electrons. The van der Waals surface area contributed by atoms with Gasteiger partial charge in [-0.05, 0) is 18.2 Å². The number of methoxy groups -OCH3 is 1. The van der Waals surface area contributed by atoms with E-state index >= 15 is 0 Å². The number of nitriles is 1. The summed E-state index contributed by atoms with van der Waals surface area (Å²) in [5, 5.41) is 10.9. The van der Waals surface area contributed by atoms with Gasteiger partial charge in [0.25, 0.3) is 0 Å². The molecule has 0 aliphatic heterocycles. The van der Waals surface area contributed by atoms with Gasteiger partial charge >= 0.3 is 5.97 Å². The molecule has 0 bridgehead atoms. The van der Waals surface area contributed by atoms with Crippen LogP contribution in [0, 0.1) is 11.3 Å². The molecule has 0 unspecified atom stereocenters. The van der Waals surface area contributed by atoms with Gasteiger partial charge < -0.3 is 15.0 Å². The van der Waals surface area contributed by atoms with Crippen LogP contribution in [0.25, 0.3) is 16.5 Å². The zero-order valence-corrected chi connectivity index (χ0v) is 13.7. The van der Waals surface area contributed by atoms with E-state index in [1.54, 1.807) is 17.0 Å². The van der Waals surface area contributed by atoms with Gasteiger partial charge in [-0.25, -0.2) is 4.79 Å². The monoisotopic (exact) mass is 370 g/mol. The average molecular weight is 371 g/mol. The molecular weight excluding hydrogens is 360 g/mol. The highest BCUT2D eigenvalue weighted by atomic mass is 79.9. The molecule has 1 aromatic carbocycles.